The molecule has 0 amide bonds. The van der Waals surface area contributed by atoms with Gasteiger partial charge in [-0.25, -0.2) is 0 Å². The average molecular weight is 244 g/mol. The van der Waals surface area contributed by atoms with Crippen molar-refractivity contribution in [3.05, 3.63) is 35.4 Å². The first-order valence-corrected chi connectivity index (χ1v) is 6.59. The van der Waals surface area contributed by atoms with E-state index in [4.69, 9.17) is 5.26 Å². The number of hydrogen-bond donors (Lipinski definition) is 1. The van der Waals surface area contributed by atoms with Gasteiger partial charge < -0.3 is 5.11 Å². The number of aliphatic hydroxyl groups is 1. The number of likely N-dealkylation sites (tertiary alicyclic amines) is 1. The Bertz CT molecular complexity index is 421. The fourth-order valence-corrected chi connectivity index (χ4v) is 2.65. The van der Waals surface area contributed by atoms with Gasteiger partial charge in [-0.1, -0.05) is 12.1 Å². The highest BCUT2D eigenvalue weighted by Gasteiger charge is 2.23. The van der Waals surface area contributed by atoms with Crippen LogP contribution in [-0.2, 0) is 0 Å². The topological polar surface area (TPSA) is 47.3 Å². The van der Waals surface area contributed by atoms with Crippen LogP contribution >= 0.6 is 0 Å². The van der Waals surface area contributed by atoms with Crippen LogP contribution in [0.2, 0.25) is 0 Å². The Morgan fingerprint density at radius 2 is 2.17 bits per heavy atom. The molecule has 0 bridgehead atoms. The molecule has 0 aliphatic carbocycles. The van der Waals surface area contributed by atoms with Gasteiger partial charge in [0.05, 0.1) is 11.6 Å². The Hall–Kier alpha value is -1.37. The smallest absolute Gasteiger partial charge is 0.0991 e. The Morgan fingerprint density at radius 3 is 2.78 bits per heavy atom. The highest BCUT2D eigenvalue weighted by Crippen LogP contribution is 2.26. The van der Waals surface area contributed by atoms with Crippen molar-refractivity contribution in [1.29, 1.82) is 5.26 Å². The summed E-state index contributed by atoms with van der Waals surface area (Å²) >= 11 is 0. The minimum Gasteiger partial charge on any atom is -0.396 e. The molecule has 0 aromatic heterocycles. The molecule has 1 heterocycles. The Balaban J connectivity index is 2.05. The molecule has 96 valence electrons. The fraction of sp³-hybridized carbons (Fsp3) is 0.533. The normalized spacial score (nSPS) is 22.4. The van der Waals surface area contributed by atoms with E-state index in [2.05, 4.69) is 17.9 Å². The highest BCUT2D eigenvalue weighted by molar-refractivity contribution is 5.32. The molecular weight excluding hydrogens is 224 g/mol. The molecule has 0 radical (unpaired) electrons. The fourth-order valence-electron chi connectivity index (χ4n) is 2.65. The summed E-state index contributed by atoms with van der Waals surface area (Å²) in [6.45, 7) is 4.55. The molecule has 1 saturated heterocycles. The van der Waals surface area contributed by atoms with Crippen molar-refractivity contribution in [1.82, 2.24) is 4.90 Å². The molecule has 1 aliphatic rings. The van der Waals surface area contributed by atoms with Crippen LogP contribution in [0.1, 0.15) is 36.9 Å². The van der Waals surface area contributed by atoms with E-state index in [0.717, 1.165) is 25.9 Å². The van der Waals surface area contributed by atoms with E-state index >= 15 is 0 Å². The third kappa shape index (κ3) is 2.90. The van der Waals surface area contributed by atoms with Gasteiger partial charge in [0.15, 0.2) is 0 Å². The van der Waals surface area contributed by atoms with Crippen LogP contribution < -0.4 is 0 Å². The van der Waals surface area contributed by atoms with Crippen LogP contribution in [0.15, 0.2) is 24.3 Å². The minimum absolute atomic E-state index is 0.288. The van der Waals surface area contributed by atoms with Gasteiger partial charge in [-0.3, -0.25) is 4.90 Å². The molecule has 1 aromatic rings. The van der Waals surface area contributed by atoms with Crippen molar-refractivity contribution >= 4 is 0 Å². The first-order chi connectivity index (χ1) is 8.74. The van der Waals surface area contributed by atoms with Gasteiger partial charge in [0.1, 0.15) is 0 Å². The molecule has 3 nitrogen and oxygen atoms in total. The van der Waals surface area contributed by atoms with Gasteiger partial charge in [0.2, 0.25) is 0 Å². The molecule has 3 heteroatoms. The zero-order chi connectivity index (χ0) is 13.0. The van der Waals surface area contributed by atoms with Crippen LogP contribution in [0, 0.1) is 17.2 Å². The molecule has 1 aromatic carbocycles. The van der Waals surface area contributed by atoms with E-state index < -0.39 is 0 Å². The minimum atomic E-state index is 0.288. The molecule has 18 heavy (non-hydrogen) atoms. The Labute approximate surface area is 109 Å². The summed E-state index contributed by atoms with van der Waals surface area (Å²) in [4.78, 5) is 2.42. The molecule has 1 fully saturated rings. The maximum absolute atomic E-state index is 9.27. The second kappa shape index (κ2) is 5.99. The number of nitrogens with zero attached hydrogens (tertiary/aromatic N) is 2. The van der Waals surface area contributed by atoms with Crippen molar-refractivity contribution in [3.8, 4) is 6.07 Å². The van der Waals surface area contributed by atoms with Crippen LogP contribution in [0.25, 0.3) is 0 Å². The Kier molecular flexibility index (Phi) is 4.35. The Morgan fingerprint density at radius 1 is 1.44 bits per heavy atom. The zero-order valence-electron chi connectivity index (χ0n) is 10.8. The highest BCUT2D eigenvalue weighted by atomic mass is 16.3. The predicted octanol–water partition coefficient (Wildman–Crippen LogP) is 2.32. The van der Waals surface area contributed by atoms with Crippen LogP contribution in [0.5, 0.6) is 0 Å². The molecule has 1 N–H and O–H groups in total. The second-order valence-corrected chi connectivity index (χ2v) is 5.10. The van der Waals surface area contributed by atoms with Crippen molar-refractivity contribution < 1.29 is 5.11 Å². The average Bonchev–Trinajstić information content (AvgIpc) is 2.46. The summed E-state index contributed by atoms with van der Waals surface area (Å²) in [5, 5.41) is 18.1. The molecule has 0 saturated carbocycles. The summed E-state index contributed by atoms with van der Waals surface area (Å²) in [6.07, 6.45) is 2.29. The molecule has 2 rings (SSSR count). The second-order valence-electron chi connectivity index (χ2n) is 5.10. The largest absolute Gasteiger partial charge is 0.396 e. The standard InChI is InChI=1S/C15H20N2O/c1-12(15-6-4-13(9-16)5-7-15)17-8-2-3-14(10-17)11-18/h4-7,12,14,18H,2-3,8,10-11H2,1H3. The summed E-state index contributed by atoms with van der Waals surface area (Å²) in [5.74, 6) is 0.416. The van der Waals surface area contributed by atoms with Gasteiger partial charge in [-0.2, -0.15) is 5.26 Å². The van der Waals surface area contributed by atoms with Gasteiger partial charge >= 0.3 is 0 Å². The van der Waals surface area contributed by atoms with E-state index in [1.807, 2.05) is 24.3 Å². The van der Waals surface area contributed by atoms with Gasteiger partial charge in [-0.15, -0.1) is 0 Å². The maximum Gasteiger partial charge on any atom is 0.0991 e. The summed E-state index contributed by atoms with van der Waals surface area (Å²) in [6, 6.07) is 10.3. The quantitative estimate of drug-likeness (QED) is 0.887. The van der Waals surface area contributed by atoms with Crippen molar-refractivity contribution in [2.45, 2.75) is 25.8 Å². The van der Waals surface area contributed by atoms with Crippen LogP contribution in [0.3, 0.4) is 0 Å². The number of benzene rings is 1. The predicted molar refractivity (Wildman–Crippen MR) is 71.0 cm³/mol. The molecule has 2 atom stereocenters. The van der Waals surface area contributed by atoms with E-state index in [9.17, 15) is 5.11 Å². The molecule has 0 spiro atoms. The van der Waals surface area contributed by atoms with E-state index in [1.54, 1.807) is 0 Å². The third-order valence-corrected chi connectivity index (χ3v) is 3.88. The number of rotatable bonds is 3. The first kappa shape index (κ1) is 13.1. The van der Waals surface area contributed by atoms with E-state index in [1.165, 1.54) is 5.56 Å². The van der Waals surface area contributed by atoms with Crippen molar-refractivity contribution in [2.24, 2.45) is 5.92 Å². The van der Waals surface area contributed by atoms with Gasteiger partial charge in [0, 0.05) is 19.2 Å². The number of nitriles is 1. The first-order valence-electron chi connectivity index (χ1n) is 6.59. The lowest BCUT2D eigenvalue weighted by Crippen LogP contribution is -2.38. The lowest BCUT2D eigenvalue weighted by atomic mass is 9.96. The van der Waals surface area contributed by atoms with Crippen LogP contribution in [-0.4, -0.2) is 29.7 Å². The van der Waals surface area contributed by atoms with Gasteiger partial charge in [0.25, 0.3) is 0 Å². The third-order valence-electron chi connectivity index (χ3n) is 3.88. The molecule has 1 aliphatic heterocycles. The number of piperidine rings is 1. The number of hydrogen-bond acceptors (Lipinski definition) is 3. The van der Waals surface area contributed by atoms with Crippen molar-refractivity contribution in [3.63, 3.8) is 0 Å². The summed E-state index contributed by atoms with van der Waals surface area (Å²) < 4.78 is 0. The lowest BCUT2D eigenvalue weighted by molar-refractivity contribution is 0.0936. The summed E-state index contributed by atoms with van der Waals surface area (Å²) in [5.41, 5.74) is 1.95. The lowest BCUT2D eigenvalue weighted by Gasteiger charge is -2.36. The maximum atomic E-state index is 9.27. The summed E-state index contributed by atoms with van der Waals surface area (Å²) in [7, 11) is 0. The SMILES string of the molecule is CC(c1ccc(C#N)cc1)N1CCCC(CO)C1. The van der Waals surface area contributed by atoms with E-state index in [-0.39, 0.29) is 6.61 Å². The van der Waals surface area contributed by atoms with E-state index in [0.29, 0.717) is 17.5 Å². The van der Waals surface area contributed by atoms with Crippen molar-refractivity contribution in [2.75, 3.05) is 19.7 Å². The molecule has 2 unspecified atom stereocenters. The number of aliphatic hydroxyl groups excluding tert-OH is 1. The van der Waals surface area contributed by atoms with Crippen LogP contribution in [0.4, 0.5) is 0 Å². The monoisotopic (exact) mass is 244 g/mol. The zero-order valence-corrected chi connectivity index (χ0v) is 10.8. The molecular formula is C15H20N2O. The van der Waals surface area contributed by atoms with Gasteiger partial charge in [-0.05, 0) is 49.9 Å².